The fraction of sp³-hybridized carbons (Fsp3) is 0.500. The number of sulfonamides is 1. The van der Waals surface area contributed by atoms with Crippen LogP contribution in [0.25, 0.3) is 0 Å². The van der Waals surface area contributed by atoms with Crippen LogP contribution in [0.1, 0.15) is 20.3 Å². The highest BCUT2D eigenvalue weighted by Crippen LogP contribution is 2.26. The molecule has 1 heterocycles. The van der Waals surface area contributed by atoms with Crippen molar-refractivity contribution in [2.75, 3.05) is 13.1 Å². The van der Waals surface area contributed by atoms with E-state index in [1.807, 2.05) is 0 Å². The molecule has 3 amide bonds. The van der Waals surface area contributed by atoms with E-state index in [9.17, 15) is 22.8 Å². The fourth-order valence-electron chi connectivity index (χ4n) is 3.08. The third kappa shape index (κ3) is 5.53. The lowest BCUT2D eigenvalue weighted by Crippen LogP contribution is -2.48. The van der Waals surface area contributed by atoms with Gasteiger partial charge in [-0.2, -0.15) is 4.31 Å². The molecule has 1 aliphatic heterocycles. The normalized spacial score (nSPS) is 20.6. The summed E-state index contributed by atoms with van der Waals surface area (Å²) in [6.07, 6.45) is -0.0380. The monoisotopic (exact) mass is 441 g/mol. The van der Waals surface area contributed by atoms with Crippen LogP contribution >= 0.6 is 0 Å². The van der Waals surface area contributed by atoms with Gasteiger partial charge in [-0.05, 0) is 24.5 Å². The number of benzene rings is 1. The largest absolute Gasteiger partial charge is 0.350 e. The molecule has 11 nitrogen and oxygen atoms in total. The molecular weight excluding hydrogens is 414 g/mol. The summed E-state index contributed by atoms with van der Waals surface area (Å²) in [6, 6.07) is 4.90. The van der Waals surface area contributed by atoms with Gasteiger partial charge >= 0.3 is 0 Å². The number of hydrogen-bond donors (Lipinski definition) is 5. The van der Waals surface area contributed by atoms with Crippen molar-refractivity contribution < 1.29 is 28.0 Å². The SMILES string of the molecule is CC(C)[C@H](N)C(=O)NCC(=O)N[C@H]1C[C@@H](C(=O)NO)N(S(=O)(=O)c2ccccc2)C1. The van der Waals surface area contributed by atoms with Crippen LogP contribution in [0, 0.1) is 5.92 Å². The standard InChI is InChI=1S/C18H27N5O6S/c1-11(2)16(19)18(26)20-9-15(24)21-12-8-14(17(25)22-27)23(10-12)30(28,29)13-6-4-3-5-7-13/h3-7,11-12,14,16,27H,8-10,19H2,1-2H3,(H,20,26)(H,21,24)(H,22,25)/t12-,14-,16-/m0/s1. The van der Waals surface area contributed by atoms with E-state index in [4.69, 9.17) is 10.9 Å². The lowest BCUT2D eigenvalue weighted by atomic mass is 10.1. The average molecular weight is 442 g/mol. The van der Waals surface area contributed by atoms with E-state index in [0.29, 0.717) is 0 Å². The van der Waals surface area contributed by atoms with Gasteiger partial charge in [0, 0.05) is 12.6 Å². The lowest BCUT2D eigenvalue weighted by molar-refractivity contribution is -0.132. The molecule has 1 saturated heterocycles. The highest BCUT2D eigenvalue weighted by atomic mass is 32.2. The Balaban J connectivity index is 2.06. The Hall–Kier alpha value is -2.54. The highest BCUT2D eigenvalue weighted by molar-refractivity contribution is 7.89. The molecule has 0 spiro atoms. The minimum absolute atomic E-state index is 0.0114. The Bertz CT molecular complexity index is 876. The predicted molar refractivity (Wildman–Crippen MR) is 106 cm³/mol. The second-order valence-corrected chi connectivity index (χ2v) is 9.26. The number of rotatable bonds is 8. The molecule has 3 atom stereocenters. The Labute approximate surface area is 175 Å². The zero-order chi connectivity index (χ0) is 22.5. The number of nitrogens with zero attached hydrogens (tertiary/aromatic N) is 1. The third-order valence-electron chi connectivity index (χ3n) is 4.83. The van der Waals surface area contributed by atoms with Crippen molar-refractivity contribution in [3.63, 3.8) is 0 Å². The second kappa shape index (κ2) is 9.98. The molecule has 1 aliphatic rings. The number of nitrogens with one attached hydrogen (secondary N) is 3. The first-order chi connectivity index (χ1) is 14.1. The van der Waals surface area contributed by atoms with Crippen LogP contribution in [0.3, 0.4) is 0 Å². The van der Waals surface area contributed by atoms with Crippen molar-refractivity contribution in [3.8, 4) is 0 Å². The van der Waals surface area contributed by atoms with Gasteiger partial charge in [0.1, 0.15) is 6.04 Å². The van der Waals surface area contributed by atoms with Crippen LogP contribution in [0.15, 0.2) is 35.2 Å². The molecule has 0 bridgehead atoms. The Morgan fingerprint density at radius 1 is 1.23 bits per heavy atom. The average Bonchev–Trinajstić information content (AvgIpc) is 3.15. The van der Waals surface area contributed by atoms with Crippen LogP contribution in [-0.4, -0.2) is 66.9 Å². The van der Waals surface area contributed by atoms with Crippen molar-refractivity contribution in [1.82, 2.24) is 20.4 Å². The third-order valence-corrected chi connectivity index (χ3v) is 6.72. The predicted octanol–water partition coefficient (Wildman–Crippen LogP) is -1.46. The smallest absolute Gasteiger partial charge is 0.261 e. The van der Waals surface area contributed by atoms with E-state index < -0.39 is 45.9 Å². The molecule has 12 heteroatoms. The number of nitrogens with two attached hydrogens (primary N) is 1. The molecule has 1 aromatic rings. The Kier molecular flexibility index (Phi) is 7.89. The minimum atomic E-state index is -4.03. The number of amides is 3. The summed E-state index contributed by atoms with van der Waals surface area (Å²) in [5, 5.41) is 14.0. The van der Waals surface area contributed by atoms with Gasteiger partial charge in [0.15, 0.2) is 0 Å². The second-order valence-electron chi connectivity index (χ2n) is 7.37. The highest BCUT2D eigenvalue weighted by Gasteiger charge is 2.44. The first kappa shape index (κ1) is 23.7. The summed E-state index contributed by atoms with van der Waals surface area (Å²) in [5.41, 5.74) is 7.18. The fourth-order valence-corrected chi connectivity index (χ4v) is 4.75. The summed E-state index contributed by atoms with van der Waals surface area (Å²) in [4.78, 5) is 36.1. The van der Waals surface area contributed by atoms with E-state index >= 15 is 0 Å². The van der Waals surface area contributed by atoms with Gasteiger partial charge in [-0.25, -0.2) is 13.9 Å². The van der Waals surface area contributed by atoms with E-state index in [1.54, 1.807) is 32.0 Å². The van der Waals surface area contributed by atoms with Gasteiger partial charge in [0.25, 0.3) is 5.91 Å². The molecular formula is C18H27N5O6S. The molecule has 0 saturated carbocycles. The number of hydroxylamine groups is 1. The first-order valence-corrected chi connectivity index (χ1v) is 10.9. The summed E-state index contributed by atoms with van der Waals surface area (Å²) in [7, 11) is -4.03. The molecule has 30 heavy (non-hydrogen) atoms. The van der Waals surface area contributed by atoms with Gasteiger partial charge in [-0.1, -0.05) is 32.0 Å². The maximum atomic E-state index is 12.9. The van der Waals surface area contributed by atoms with Crippen molar-refractivity contribution in [3.05, 3.63) is 30.3 Å². The molecule has 2 rings (SSSR count). The summed E-state index contributed by atoms with van der Waals surface area (Å²) in [5.74, 6) is -2.02. The maximum absolute atomic E-state index is 12.9. The zero-order valence-corrected chi connectivity index (χ0v) is 17.6. The van der Waals surface area contributed by atoms with Crippen molar-refractivity contribution >= 4 is 27.7 Å². The van der Waals surface area contributed by atoms with Crippen LogP contribution in [0.2, 0.25) is 0 Å². The summed E-state index contributed by atoms with van der Waals surface area (Å²) in [6.45, 7) is 3.05. The maximum Gasteiger partial charge on any atom is 0.261 e. The number of carbonyl (C=O) groups is 3. The van der Waals surface area contributed by atoms with Crippen LogP contribution in [-0.2, 0) is 24.4 Å². The van der Waals surface area contributed by atoms with Gasteiger partial charge in [-0.15, -0.1) is 0 Å². The van der Waals surface area contributed by atoms with E-state index in [1.165, 1.54) is 17.6 Å². The Morgan fingerprint density at radius 3 is 2.43 bits per heavy atom. The topological polar surface area (TPSA) is 171 Å². The summed E-state index contributed by atoms with van der Waals surface area (Å²) >= 11 is 0. The number of hydrogen-bond acceptors (Lipinski definition) is 7. The van der Waals surface area contributed by atoms with Gasteiger partial charge < -0.3 is 16.4 Å². The molecule has 0 radical (unpaired) electrons. The molecule has 6 N–H and O–H groups in total. The Morgan fingerprint density at radius 2 is 1.87 bits per heavy atom. The van der Waals surface area contributed by atoms with E-state index in [2.05, 4.69) is 10.6 Å². The van der Waals surface area contributed by atoms with Crippen LogP contribution in [0.5, 0.6) is 0 Å². The quantitative estimate of drug-likeness (QED) is 0.242. The molecule has 0 aliphatic carbocycles. The zero-order valence-electron chi connectivity index (χ0n) is 16.7. The minimum Gasteiger partial charge on any atom is -0.350 e. The van der Waals surface area contributed by atoms with Crippen molar-refractivity contribution in [2.45, 2.75) is 43.3 Å². The van der Waals surface area contributed by atoms with Gasteiger partial charge in [0.05, 0.1) is 17.5 Å². The lowest BCUT2D eigenvalue weighted by Gasteiger charge is -2.22. The van der Waals surface area contributed by atoms with E-state index in [0.717, 1.165) is 4.31 Å². The van der Waals surface area contributed by atoms with Crippen LogP contribution in [0.4, 0.5) is 0 Å². The summed E-state index contributed by atoms with van der Waals surface area (Å²) < 4.78 is 26.8. The molecule has 166 valence electrons. The van der Waals surface area contributed by atoms with Crippen molar-refractivity contribution in [1.29, 1.82) is 0 Å². The molecule has 0 unspecified atom stereocenters. The van der Waals surface area contributed by atoms with Gasteiger partial charge in [-0.3, -0.25) is 19.6 Å². The van der Waals surface area contributed by atoms with Crippen LogP contribution < -0.4 is 21.8 Å². The van der Waals surface area contributed by atoms with E-state index in [-0.39, 0.29) is 30.3 Å². The molecule has 1 aromatic carbocycles. The van der Waals surface area contributed by atoms with Gasteiger partial charge in [0.2, 0.25) is 21.8 Å². The molecule has 0 aromatic heterocycles. The number of carbonyl (C=O) groups excluding carboxylic acids is 3. The first-order valence-electron chi connectivity index (χ1n) is 9.41. The van der Waals surface area contributed by atoms with Crippen molar-refractivity contribution in [2.24, 2.45) is 11.7 Å². The molecule has 1 fully saturated rings.